The Bertz CT molecular complexity index is 517. The van der Waals surface area contributed by atoms with Crippen molar-refractivity contribution in [2.24, 2.45) is 0 Å². The molecule has 5 nitrogen and oxygen atoms in total. The molecule has 2 rings (SSSR count). The summed E-state index contributed by atoms with van der Waals surface area (Å²) in [5.74, 6) is -0.314. The highest BCUT2D eigenvalue weighted by molar-refractivity contribution is 6.47. The highest BCUT2D eigenvalue weighted by Gasteiger charge is 2.36. The van der Waals surface area contributed by atoms with Crippen molar-refractivity contribution in [1.29, 1.82) is 0 Å². The molecule has 1 aromatic carbocycles. The fraction of sp³-hybridized carbons (Fsp3) is 0.385. The molecule has 6 heteroatoms. The second-order valence-electron chi connectivity index (χ2n) is 4.59. The maximum atomic E-state index is 11.5. The number of hydrogen-bond acceptors (Lipinski definition) is 4. The summed E-state index contributed by atoms with van der Waals surface area (Å²) in [6, 6.07) is 5.27. The van der Waals surface area contributed by atoms with Gasteiger partial charge in [-0.05, 0) is 25.0 Å². The molecular weight excluding hydrogens is 245 g/mol. The van der Waals surface area contributed by atoms with E-state index in [2.05, 4.69) is 5.32 Å². The molecule has 0 spiro atoms. The van der Waals surface area contributed by atoms with Crippen molar-refractivity contribution < 1.29 is 19.3 Å². The van der Waals surface area contributed by atoms with Crippen LogP contribution in [0.2, 0.25) is 0 Å². The first kappa shape index (κ1) is 13.6. The van der Waals surface area contributed by atoms with Crippen LogP contribution in [0, 0.1) is 0 Å². The highest BCUT2D eigenvalue weighted by atomic mass is 16.5. The van der Waals surface area contributed by atoms with E-state index in [1.54, 1.807) is 19.1 Å². The number of fused-ring (bicyclic) bond motifs is 1. The lowest BCUT2D eigenvalue weighted by Gasteiger charge is -2.29. The van der Waals surface area contributed by atoms with Crippen LogP contribution in [0.15, 0.2) is 18.2 Å². The first-order valence-electron chi connectivity index (χ1n) is 6.29. The lowest BCUT2D eigenvalue weighted by atomic mass is 9.72. The molecule has 100 valence electrons. The van der Waals surface area contributed by atoms with E-state index < -0.39 is 13.1 Å². The van der Waals surface area contributed by atoms with Gasteiger partial charge in [0.05, 0.1) is 11.5 Å². The van der Waals surface area contributed by atoms with Gasteiger partial charge in [0.15, 0.2) is 5.78 Å². The smallest absolute Gasteiger partial charge is 0.534 e. The fourth-order valence-electron chi connectivity index (χ4n) is 2.13. The molecule has 1 unspecified atom stereocenters. The van der Waals surface area contributed by atoms with E-state index in [1.807, 2.05) is 6.07 Å². The van der Waals surface area contributed by atoms with E-state index in [-0.39, 0.29) is 11.7 Å². The van der Waals surface area contributed by atoms with Crippen molar-refractivity contribution in [3.63, 3.8) is 0 Å². The van der Waals surface area contributed by atoms with Crippen molar-refractivity contribution in [2.45, 2.75) is 32.6 Å². The predicted molar refractivity (Wildman–Crippen MR) is 71.0 cm³/mol. The molecule has 1 aliphatic rings. The summed E-state index contributed by atoms with van der Waals surface area (Å²) in [6.45, 7) is 3.20. The average Bonchev–Trinajstić information content (AvgIpc) is 2.38. The van der Waals surface area contributed by atoms with Crippen LogP contribution in [-0.2, 0) is 11.2 Å². The first-order chi connectivity index (χ1) is 9.02. The van der Waals surface area contributed by atoms with Crippen molar-refractivity contribution in [1.82, 2.24) is 5.32 Å². The number of carbonyl (C=O) groups excluding carboxylic acids is 2. The zero-order chi connectivity index (χ0) is 14.0. The third-order valence-electron chi connectivity index (χ3n) is 3.17. The molecule has 0 aliphatic carbocycles. The number of hydrogen-bond donors (Lipinski definition) is 2. The van der Waals surface area contributed by atoms with Gasteiger partial charge in [-0.2, -0.15) is 0 Å². The third kappa shape index (κ3) is 2.79. The topological polar surface area (TPSA) is 75.6 Å². The first-order valence-corrected chi connectivity index (χ1v) is 6.29. The molecule has 0 saturated heterocycles. The number of nitrogens with one attached hydrogen (secondary N) is 1. The Morgan fingerprint density at radius 3 is 2.89 bits per heavy atom. The Labute approximate surface area is 112 Å². The van der Waals surface area contributed by atoms with E-state index in [0.717, 1.165) is 5.56 Å². The van der Waals surface area contributed by atoms with Crippen LogP contribution in [-0.4, -0.2) is 29.8 Å². The Hall–Kier alpha value is -1.82. The quantitative estimate of drug-likeness (QED) is 0.621. The van der Waals surface area contributed by atoms with Crippen molar-refractivity contribution in [3.05, 3.63) is 29.3 Å². The summed E-state index contributed by atoms with van der Waals surface area (Å²) in [5, 5.41) is 12.6. The molecule has 0 bridgehead atoms. The number of para-hydroxylation sites is 1. The van der Waals surface area contributed by atoms with E-state index in [4.69, 9.17) is 4.65 Å². The van der Waals surface area contributed by atoms with Gasteiger partial charge in [0, 0.05) is 6.42 Å². The largest absolute Gasteiger partial charge is 0.547 e. The minimum absolute atomic E-state index is 0.111. The minimum atomic E-state index is -1.14. The van der Waals surface area contributed by atoms with Crippen molar-refractivity contribution in [3.8, 4) is 5.75 Å². The van der Waals surface area contributed by atoms with Gasteiger partial charge in [-0.1, -0.05) is 19.1 Å². The molecule has 0 fully saturated rings. The Morgan fingerprint density at radius 1 is 1.53 bits per heavy atom. The Morgan fingerprint density at radius 2 is 2.26 bits per heavy atom. The van der Waals surface area contributed by atoms with Gasteiger partial charge in [0.25, 0.3) is 0 Å². The standard InChI is InChI=1S/C13H16BNO4/c1-3-12(17)15-11-7-9-5-4-6-10(8(2)16)13(9)19-14(11)18/h4-6,11,18H,3,7H2,1-2H3,(H,15,17). The van der Waals surface area contributed by atoms with Gasteiger partial charge in [0.2, 0.25) is 5.91 Å². The van der Waals surface area contributed by atoms with Crippen LogP contribution in [0.1, 0.15) is 36.2 Å². The van der Waals surface area contributed by atoms with Crippen LogP contribution in [0.25, 0.3) is 0 Å². The summed E-state index contributed by atoms with van der Waals surface area (Å²) < 4.78 is 5.40. The zero-order valence-corrected chi connectivity index (χ0v) is 11.0. The van der Waals surface area contributed by atoms with E-state index in [9.17, 15) is 14.6 Å². The van der Waals surface area contributed by atoms with Gasteiger partial charge < -0.3 is 15.0 Å². The summed E-state index contributed by atoms with van der Waals surface area (Å²) >= 11 is 0. The van der Waals surface area contributed by atoms with Gasteiger partial charge >= 0.3 is 7.12 Å². The lowest BCUT2D eigenvalue weighted by Crippen LogP contribution is -2.53. The highest BCUT2D eigenvalue weighted by Crippen LogP contribution is 2.30. The monoisotopic (exact) mass is 261 g/mol. The number of carbonyl (C=O) groups is 2. The van der Waals surface area contributed by atoms with E-state index >= 15 is 0 Å². The summed E-state index contributed by atoms with van der Waals surface area (Å²) in [7, 11) is -1.14. The van der Waals surface area contributed by atoms with Crippen LogP contribution < -0.4 is 9.97 Å². The van der Waals surface area contributed by atoms with Crippen LogP contribution in [0.4, 0.5) is 0 Å². The number of amides is 1. The number of Topliss-reactive ketones (excluding diaryl/α,β-unsaturated/α-hetero) is 1. The molecule has 1 aliphatic heterocycles. The van der Waals surface area contributed by atoms with Crippen LogP contribution in [0.3, 0.4) is 0 Å². The van der Waals surface area contributed by atoms with Crippen molar-refractivity contribution in [2.75, 3.05) is 0 Å². The Balaban J connectivity index is 2.26. The van der Waals surface area contributed by atoms with Crippen molar-refractivity contribution >= 4 is 18.8 Å². The third-order valence-corrected chi connectivity index (χ3v) is 3.17. The number of benzene rings is 1. The van der Waals surface area contributed by atoms with E-state index in [0.29, 0.717) is 24.2 Å². The molecule has 1 heterocycles. The summed E-state index contributed by atoms with van der Waals surface area (Å²) in [5.41, 5.74) is 1.27. The SMILES string of the molecule is CCC(=O)NC1Cc2cccc(C(C)=O)c2OB1O. The maximum absolute atomic E-state index is 11.5. The summed E-state index contributed by atoms with van der Waals surface area (Å²) in [6.07, 6.45) is 0.799. The predicted octanol–water partition coefficient (Wildman–Crippen LogP) is 0.739. The summed E-state index contributed by atoms with van der Waals surface area (Å²) in [4.78, 5) is 22.9. The van der Waals surface area contributed by atoms with Crippen LogP contribution >= 0.6 is 0 Å². The van der Waals surface area contributed by atoms with Crippen LogP contribution in [0.5, 0.6) is 5.75 Å². The average molecular weight is 261 g/mol. The maximum Gasteiger partial charge on any atom is 0.547 e. The lowest BCUT2D eigenvalue weighted by molar-refractivity contribution is -0.121. The van der Waals surface area contributed by atoms with E-state index in [1.165, 1.54) is 6.92 Å². The molecule has 1 aromatic rings. The van der Waals surface area contributed by atoms with Gasteiger partial charge in [-0.3, -0.25) is 9.59 Å². The molecule has 1 amide bonds. The number of ketones is 1. The molecule has 19 heavy (non-hydrogen) atoms. The minimum Gasteiger partial charge on any atom is -0.534 e. The molecule has 0 aromatic heterocycles. The molecule has 0 saturated carbocycles. The Kier molecular flexibility index (Phi) is 3.90. The molecule has 1 atom stereocenters. The fourth-order valence-corrected chi connectivity index (χ4v) is 2.13. The second kappa shape index (κ2) is 5.44. The molecule has 0 radical (unpaired) electrons. The van der Waals surface area contributed by atoms with Gasteiger partial charge in [0.1, 0.15) is 5.75 Å². The van der Waals surface area contributed by atoms with Gasteiger partial charge in [-0.15, -0.1) is 0 Å². The van der Waals surface area contributed by atoms with Gasteiger partial charge in [-0.25, -0.2) is 0 Å². The zero-order valence-electron chi connectivity index (χ0n) is 11.0. The number of rotatable bonds is 3. The second-order valence-corrected chi connectivity index (χ2v) is 4.59. The normalized spacial score (nSPS) is 17.4. The molecular formula is C13H16BNO4. The molecule has 2 N–H and O–H groups in total.